The van der Waals surface area contributed by atoms with Crippen LogP contribution in [-0.4, -0.2) is 43.1 Å². The first kappa shape index (κ1) is 16.3. The summed E-state index contributed by atoms with van der Waals surface area (Å²) in [5, 5.41) is 0. The van der Waals surface area contributed by atoms with Gasteiger partial charge in [-0.2, -0.15) is 8.42 Å². The molecule has 1 N–H and O–H groups in total. The van der Waals surface area contributed by atoms with Crippen LogP contribution in [0.5, 0.6) is 0 Å². The molecule has 0 radical (unpaired) electrons. The molecule has 0 aliphatic rings. The van der Waals surface area contributed by atoms with Crippen LogP contribution >= 0.6 is 0 Å². The van der Waals surface area contributed by atoms with Gasteiger partial charge in [0.1, 0.15) is 0 Å². The van der Waals surface area contributed by atoms with Crippen molar-refractivity contribution >= 4 is 18.9 Å². The Balaban J connectivity index is 3.38. The van der Waals surface area contributed by atoms with Gasteiger partial charge in [0.05, 0.1) is 10.4 Å². The first-order valence-corrected chi connectivity index (χ1v) is 8.78. The molecule has 6 nitrogen and oxygen atoms in total. The van der Waals surface area contributed by atoms with E-state index in [9.17, 15) is 13.0 Å². The molecule has 0 fully saturated rings. The van der Waals surface area contributed by atoms with E-state index in [1.54, 1.807) is 19.1 Å². The Morgan fingerprint density at radius 3 is 2.00 bits per heavy atom. The lowest BCUT2D eigenvalue weighted by molar-refractivity contribution is 0.114. The summed E-state index contributed by atoms with van der Waals surface area (Å²) >= 11 is 0. The van der Waals surface area contributed by atoms with Gasteiger partial charge in [0, 0.05) is 21.3 Å². The summed E-state index contributed by atoms with van der Waals surface area (Å²) in [5.74, 6) is 0. The van der Waals surface area contributed by atoms with E-state index in [0.717, 1.165) is 0 Å². The van der Waals surface area contributed by atoms with Gasteiger partial charge in [-0.3, -0.25) is 4.55 Å². The summed E-state index contributed by atoms with van der Waals surface area (Å²) in [6.45, 7) is 1.74. The zero-order valence-corrected chi connectivity index (χ0v) is 13.1. The maximum Gasteiger partial charge on any atom is 0.507 e. The molecule has 0 aliphatic heterocycles. The van der Waals surface area contributed by atoms with Crippen LogP contribution in [0.25, 0.3) is 0 Å². The molecule has 1 aromatic carbocycles. The van der Waals surface area contributed by atoms with E-state index in [2.05, 4.69) is 0 Å². The summed E-state index contributed by atoms with van der Waals surface area (Å²) < 4.78 is 48.1. The monoisotopic (exact) mass is 306 g/mol. The predicted octanol–water partition coefficient (Wildman–Crippen LogP) is 1.45. The van der Waals surface area contributed by atoms with Crippen molar-refractivity contribution in [2.75, 3.05) is 21.3 Å². The zero-order valence-electron chi connectivity index (χ0n) is 11.3. The summed E-state index contributed by atoms with van der Waals surface area (Å²) in [6, 6.07) is 6.16. The van der Waals surface area contributed by atoms with Gasteiger partial charge < -0.3 is 13.3 Å². The van der Waals surface area contributed by atoms with Crippen molar-refractivity contribution in [1.29, 1.82) is 0 Å². The van der Waals surface area contributed by atoms with Crippen LogP contribution in [0.3, 0.4) is 0 Å². The summed E-state index contributed by atoms with van der Waals surface area (Å²) in [4.78, 5) is -0.162. The Morgan fingerprint density at radius 2 is 1.58 bits per heavy atom. The van der Waals surface area contributed by atoms with Crippen molar-refractivity contribution in [2.45, 2.75) is 17.4 Å². The van der Waals surface area contributed by atoms with E-state index >= 15 is 0 Å². The molecule has 8 heteroatoms. The first-order chi connectivity index (χ1) is 8.82. The molecule has 0 heterocycles. The topological polar surface area (TPSA) is 82.1 Å². The first-order valence-electron chi connectivity index (χ1n) is 5.54. The molecule has 0 saturated heterocycles. The second kappa shape index (κ2) is 6.12. The largest absolute Gasteiger partial charge is 0.507 e. The minimum absolute atomic E-state index is 0.162. The molecule has 19 heavy (non-hydrogen) atoms. The minimum atomic E-state index is -4.31. The quantitative estimate of drug-likeness (QED) is 0.633. The van der Waals surface area contributed by atoms with Gasteiger partial charge in [0.25, 0.3) is 10.1 Å². The average Bonchev–Trinajstić information content (AvgIpc) is 2.40. The van der Waals surface area contributed by atoms with Gasteiger partial charge in [-0.15, -0.1) is 0 Å². The van der Waals surface area contributed by atoms with Gasteiger partial charge in [0.2, 0.25) is 0 Å². The lowest BCUT2D eigenvalue weighted by Gasteiger charge is -2.31. The van der Waals surface area contributed by atoms with Crippen molar-refractivity contribution in [2.24, 2.45) is 0 Å². The van der Waals surface area contributed by atoms with Crippen LogP contribution in [0.4, 0.5) is 0 Å². The highest BCUT2D eigenvalue weighted by atomic mass is 32.2. The van der Waals surface area contributed by atoms with E-state index < -0.39 is 24.5 Å². The normalized spacial score (nSPS) is 14.4. The van der Waals surface area contributed by atoms with E-state index in [4.69, 9.17) is 13.3 Å². The number of benzene rings is 1. The number of hydrogen-bond acceptors (Lipinski definition) is 5. The van der Waals surface area contributed by atoms with Gasteiger partial charge >= 0.3 is 8.80 Å². The summed E-state index contributed by atoms with van der Waals surface area (Å²) in [6.07, 6.45) is 0. The van der Waals surface area contributed by atoms with Crippen LogP contribution in [-0.2, 0) is 23.4 Å². The van der Waals surface area contributed by atoms with Crippen LogP contribution in [0.2, 0.25) is 0 Å². The Labute approximate surface area is 114 Å². The molecule has 0 aromatic heterocycles. The van der Waals surface area contributed by atoms with Crippen LogP contribution < -0.4 is 0 Å². The molecular weight excluding hydrogens is 288 g/mol. The molecule has 0 amide bonds. The van der Waals surface area contributed by atoms with E-state index in [1.807, 2.05) is 0 Å². The van der Waals surface area contributed by atoms with Gasteiger partial charge in [-0.25, -0.2) is 0 Å². The minimum Gasteiger partial charge on any atom is -0.376 e. The third kappa shape index (κ3) is 3.22. The van der Waals surface area contributed by atoms with E-state index in [1.165, 1.54) is 33.5 Å². The summed E-state index contributed by atoms with van der Waals surface area (Å²) in [5.41, 5.74) is -0.0344. The van der Waals surface area contributed by atoms with Crippen molar-refractivity contribution in [3.8, 4) is 0 Å². The molecule has 0 saturated carbocycles. The highest BCUT2D eigenvalue weighted by Gasteiger charge is 2.46. The molecule has 0 aliphatic carbocycles. The van der Waals surface area contributed by atoms with Crippen molar-refractivity contribution in [3.63, 3.8) is 0 Å². The van der Waals surface area contributed by atoms with Crippen LogP contribution in [0.15, 0.2) is 29.2 Å². The third-order valence-corrected chi connectivity index (χ3v) is 7.05. The average molecular weight is 306 g/mol. The van der Waals surface area contributed by atoms with E-state index in [0.29, 0.717) is 5.56 Å². The second-order valence-corrected chi connectivity index (χ2v) is 8.64. The standard InChI is InChI=1S/C11H18O6SSi/c1-9(19(15-2,16-3)17-4)10-7-5-6-8-11(10)18(12,13)14/h5-9H,1-4H3,(H,12,13,14). The number of rotatable bonds is 6. The smallest absolute Gasteiger partial charge is 0.376 e. The molecular formula is C11H18O6SSi. The Morgan fingerprint density at radius 1 is 1.11 bits per heavy atom. The number of hydrogen-bond donors (Lipinski definition) is 1. The van der Waals surface area contributed by atoms with Gasteiger partial charge in [-0.1, -0.05) is 25.1 Å². The maximum atomic E-state index is 11.4. The lowest BCUT2D eigenvalue weighted by Crippen LogP contribution is -2.48. The van der Waals surface area contributed by atoms with Crippen LogP contribution in [0.1, 0.15) is 18.0 Å². The Kier molecular flexibility index (Phi) is 5.24. The lowest BCUT2D eigenvalue weighted by atomic mass is 10.2. The fraction of sp³-hybridized carbons (Fsp3) is 0.455. The van der Waals surface area contributed by atoms with Crippen molar-refractivity contribution in [3.05, 3.63) is 29.8 Å². The highest BCUT2D eigenvalue weighted by Crippen LogP contribution is 2.32. The molecule has 0 bridgehead atoms. The van der Waals surface area contributed by atoms with E-state index in [-0.39, 0.29) is 4.90 Å². The third-order valence-electron chi connectivity index (χ3n) is 3.05. The Bertz CT molecular complexity index is 517. The molecule has 1 aromatic rings. The molecule has 0 spiro atoms. The van der Waals surface area contributed by atoms with Crippen LogP contribution in [0, 0.1) is 0 Å². The zero-order chi connectivity index (χ0) is 14.7. The SMILES string of the molecule is CO[Si](OC)(OC)C(C)c1ccccc1S(=O)(=O)O. The molecule has 1 atom stereocenters. The van der Waals surface area contributed by atoms with Gasteiger partial charge in [0.15, 0.2) is 0 Å². The molecule has 1 unspecified atom stereocenters. The van der Waals surface area contributed by atoms with Crippen molar-refractivity contribution < 1.29 is 26.2 Å². The van der Waals surface area contributed by atoms with Gasteiger partial charge in [-0.05, 0) is 11.6 Å². The maximum absolute atomic E-state index is 11.4. The fourth-order valence-electron chi connectivity index (χ4n) is 2.04. The highest BCUT2D eigenvalue weighted by molar-refractivity contribution is 7.85. The second-order valence-electron chi connectivity index (χ2n) is 3.95. The van der Waals surface area contributed by atoms with Crippen molar-refractivity contribution in [1.82, 2.24) is 0 Å². The fourth-order valence-corrected chi connectivity index (χ4v) is 5.14. The molecule has 1 rings (SSSR count). The summed E-state index contributed by atoms with van der Waals surface area (Å²) in [7, 11) is -3.00. The predicted molar refractivity (Wildman–Crippen MR) is 71.5 cm³/mol. The molecule has 108 valence electrons. The Hall–Kier alpha value is -0.773.